The Morgan fingerprint density at radius 2 is 1.60 bits per heavy atom. The lowest BCUT2D eigenvalue weighted by Crippen LogP contribution is -3.00. The molecule has 2 aromatic carbocycles. The molecule has 0 radical (unpaired) electrons. The van der Waals surface area contributed by atoms with Gasteiger partial charge in [-0.15, -0.1) is 0 Å². The number of nitrogens with one attached hydrogen (secondary N) is 2. The fraction of sp³-hybridized carbons (Fsp3) is 0. The molecule has 0 aliphatic rings. The van der Waals surface area contributed by atoms with Gasteiger partial charge in [0, 0.05) is 16.2 Å². The zero-order chi connectivity index (χ0) is 16.8. The molecule has 1 aromatic heterocycles. The van der Waals surface area contributed by atoms with Crippen LogP contribution in [0.25, 0.3) is 0 Å². The van der Waals surface area contributed by atoms with Crippen molar-refractivity contribution >= 4 is 27.7 Å². The Morgan fingerprint density at radius 1 is 0.920 bits per heavy atom. The summed E-state index contributed by atoms with van der Waals surface area (Å²) in [4.78, 5) is 14.8. The molecule has 3 rings (SSSR count). The topological polar surface area (TPSA) is 61.7 Å². The third-order valence-corrected chi connectivity index (χ3v) is 3.57. The molecular formula is C18H14BrClN2O3. The summed E-state index contributed by atoms with van der Waals surface area (Å²) in [6.45, 7) is 0. The highest BCUT2D eigenvalue weighted by Gasteiger charge is 2.06. The van der Waals surface area contributed by atoms with Crippen molar-refractivity contribution in [3.05, 3.63) is 77.5 Å². The van der Waals surface area contributed by atoms with E-state index in [9.17, 15) is 4.79 Å². The van der Waals surface area contributed by atoms with Gasteiger partial charge >= 0.3 is 6.09 Å². The SMILES string of the molecule is O=C(Nc1ccc(Oc2ccc[nH+]c2)cc1)Oc1ccc(Br)cc1.[Cl-]. The van der Waals surface area contributed by atoms with Crippen LogP contribution in [0.5, 0.6) is 17.2 Å². The lowest BCUT2D eigenvalue weighted by atomic mass is 10.3. The van der Waals surface area contributed by atoms with E-state index in [1.165, 1.54) is 0 Å². The smallest absolute Gasteiger partial charge is 0.417 e. The van der Waals surface area contributed by atoms with Gasteiger partial charge in [0.1, 0.15) is 11.5 Å². The number of rotatable bonds is 4. The van der Waals surface area contributed by atoms with Crippen LogP contribution in [0.15, 0.2) is 77.5 Å². The summed E-state index contributed by atoms with van der Waals surface area (Å²) in [6.07, 6.45) is 3.00. The number of aromatic amines is 1. The van der Waals surface area contributed by atoms with Crippen LogP contribution in [-0.2, 0) is 0 Å². The molecule has 25 heavy (non-hydrogen) atoms. The van der Waals surface area contributed by atoms with E-state index < -0.39 is 6.09 Å². The second kappa shape index (κ2) is 9.05. The quantitative estimate of drug-likeness (QED) is 0.697. The van der Waals surface area contributed by atoms with E-state index in [0.717, 1.165) is 4.47 Å². The Balaban J connectivity index is 0.00000225. The average molecular weight is 422 g/mol. The third kappa shape index (κ3) is 5.77. The van der Waals surface area contributed by atoms with Crippen LogP contribution in [0.3, 0.4) is 0 Å². The highest BCUT2D eigenvalue weighted by atomic mass is 79.9. The summed E-state index contributed by atoms with van der Waals surface area (Å²) in [6, 6.07) is 17.7. The van der Waals surface area contributed by atoms with Gasteiger partial charge in [-0.2, -0.15) is 0 Å². The molecule has 0 aliphatic carbocycles. The van der Waals surface area contributed by atoms with Gasteiger partial charge in [0.05, 0.1) is 0 Å². The van der Waals surface area contributed by atoms with Crippen molar-refractivity contribution in [2.75, 3.05) is 5.32 Å². The molecule has 0 spiro atoms. The zero-order valence-corrected chi connectivity index (χ0v) is 15.3. The summed E-state index contributed by atoms with van der Waals surface area (Å²) in [7, 11) is 0. The van der Waals surface area contributed by atoms with Crippen molar-refractivity contribution in [2.24, 2.45) is 0 Å². The van der Waals surface area contributed by atoms with Gasteiger partial charge in [0.15, 0.2) is 11.9 Å². The first-order chi connectivity index (χ1) is 11.7. The van der Waals surface area contributed by atoms with Crippen molar-refractivity contribution in [1.29, 1.82) is 0 Å². The molecule has 128 valence electrons. The number of carbonyl (C=O) groups excluding carboxylic acids is 1. The summed E-state index contributed by atoms with van der Waals surface area (Å²) in [5.41, 5.74) is 0.615. The Hall–Kier alpha value is -2.57. The normalized spacial score (nSPS) is 9.64. The van der Waals surface area contributed by atoms with Crippen LogP contribution in [0.1, 0.15) is 0 Å². The Kier molecular flexibility index (Phi) is 6.80. The van der Waals surface area contributed by atoms with Crippen LogP contribution < -0.4 is 32.2 Å². The van der Waals surface area contributed by atoms with Crippen LogP contribution in [0.4, 0.5) is 10.5 Å². The summed E-state index contributed by atoms with van der Waals surface area (Å²) >= 11 is 3.33. The summed E-state index contributed by atoms with van der Waals surface area (Å²) in [5, 5.41) is 2.66. The van der Waals surface area contributed by atoms with E-state index in [1.807, 2.05) is 12.1 Å². The van der Waals surface area contributed by atoms with Crippen LogP contribution >= 0.6 is 15.9 Å². The number of hydrogen-bond acceptors (Lipinski definition) is 3. The molecule has 7 heteroatoms. The van der Waals surface area contributed by atoms with E-state index in [4.69, 9.17) is 9.47 Å². The fourth-order valence-corrected chi connectivity index (χ4v) is 2.20. The summed E-state index contributed by atoms with van der Waals surface area (Å²) < 4.78 is 11.8. The van der Waals surface area contributed by atoms with Gasteiger partial charge in [0.25, 0.3) is 0 Å². The second-order valence-electron chi connectivity index (χ2n) is 4.83. The zero-order valence-electron chi connectivity index (χ0n) is 12.9. The number of aromatic nitrogens is 1. The minimum absolute atomic E-state index is 0. The van der Waals surface area contributed by atoms with Crippen LogP contribution in [0.2, 0.25) is 0 Å². The highest BCUT2D eigenvalue weighted by molar-refractivity contribution is 9.10. The second-order valence-corrected chi connectivity index (χ2v) is 5.75. The Morgan fingerprint density at radius 3 is 2.24 bits per heavy atom. The molecule has 5 nitrogen and oxygen atoms in total. The number of anilines is 1. The van der Waals surface area contributed by atoms with Crippen LogP contribution in [0, 0.1) is 0 Å². The van der Waals surface area contributed by atoms with Gasteiger partial charge in [-0.3, -0.25) is 5.32 Å². The monoisotopic (exact) mass is 420 g/mol. The first-order valence-corrected chi connectivity index (χ1v) is 7.97. The average Bonchev–Trinajstić information content (AvgIpc) is 2.60. The maximum Gasteiger partial charge on any atom is 0.417 e. The predicted molar refractivity (Wildman–Crippen MR) is 93.3 cm³/mol. The van der Waals surface area contributed by atoms with E-state index in [0.29, 0.717) is 22.9 Å². The lowest BCUT2D eigenvalue weighted by molar-refractivity contribution is -0.378. The van der Waals surface area contributed by atoms with Crippen LogP contribution in [-0.4, -0.2) is 6.09 Å². The minimum atomic E-state index is -0.552. The maximum atomic E-state index is 11.9. The number of ether oxygens (including phenoxy) is 2. The molecule has 2 N–H and O–H groups in total. The molecule has 1 heterocycles. The fourth-order valence-electron chi connectivity index (χ4n) is 1.94. The standard InChI is InChI=1S/C18H13BrN2O3.ClH/c19-13-3-7-16(8-4-13)24-18(22)21-14-5-9-15(10-6-14)23-17-2-1-11-20-12-17;/h1-12H,(H,21,22);1H. The molecule has 0 saturated heterocycles. The number of carbonyl (C=O) groups is 1. The molecule has 0 atom stereocenters. The molecule has 0 saturated carbocycles. The molecule has 1 amide bonds. The largest absolute Gasteiger partial charge is 1.00 e. The lowest BCUT2D eigenvalue weighted by Gasteiger charge is -2.08. The van der Waals surface area contributed by atoms with Gasteiger partial charge in [-0.05, 0) is 54.6 Å². The van der Waals surface area contributed by atoms with Crippen molar-refractivity contribution in [1.82, 2.24) is 0 Å². The van der Waals surface area contributed by atoms with Crippen molar-refractivity contribution in [2.45, 2.75) is 0 Å². The minimum Gasteiger partial charge on any atom is -1.00 e. The molecule has 0 bridgehead atoms. The van der Waals surface area contributed by atoms with Gasteiger partial charge < -0.3 is 21.9 Å². The predicted octanol–water partition coefficient (Wildman–Crippen LogP) is 1.67. The molecular weight excluding hydrogens is 408 g/mol. The van der Waals surface area contributed by atoms with Crippen molar-refractivity contribution in [3.8, 4) is 17.2 Å². The number of benzene rings is 2. The van der Waals surface area contributed by atoms with Gasteiger partial charge in [-0.25, -0.2) is 9.78 Å². The van der Waals surface area contributed by atoms with E-state index in [2.05, 4.69) is 26.2 Å². The third-order valence-electron chi connectivity index (χ3n) is 3.04. The Bertz CT molecular complexity index is 812. The van der Waals surface area contributed by atoms with Gasteiger partial charge in [-0.1, -0.05) is 15.9 Å². The maximum absolute atomic E-state index is 11.9. The van der Waals surface area contributed by atoms with E-state index in [1.54, 1.807) is 60.9 Å². The molecule has 3 aromatic rings. The number of amides is 1. The molecule has 0 unspecified atom stereocenters. The Labute approximate surface area is 159 Å². The van der Waals surface area contributed by atoms with E-state index >= 15 is 0 Å². The number of pyridine rings is 1. The first-order valence-electron chi connectivity index (χ1n) is 7.17. The molecule has 0 fully saturated rings. The number of halogens is 2. The van der Waals surface area contributed by atoms with Crippen molar-refractivity contribution < 1.29 is 31.7 Å². The first kappa shape index (κ1) is 18.8. The molecule has 0 aliphatic heterocycles. The highest BCUT2D eigenvalue weighted by Crippen LogP contribution is 2.22. The van der Waals surface area contributed by atoms with Crippen molar-refractivity contribution in [3.63, 3.8) is 0 Å². The number of H-pyrrole nitrogens is 1. The van der Waals surface area contributed by atoms with Gasteiger partial charge in [0.2, 0.25) is 6.20 Å². The summed E-state index contributed by atoms with van der Waals surface area (Å²) in [5.74, 6) is 1.84. The van der Waals surface area contributed by atoms with E-state index in [-0.39, 0.29) is 12.4 Å². The number of hydrogen-bond donors (Lipinski definition) is 1.